The Morgan fingerprint density at radius 2 is 2.45 bits per heavy atom. The maximum absolute atomic E-state index is 11.2. The highest BCUT2D eigenvalue weighted by atomic mass is 79.9. The molecule has 0 bridgehead atoms. The predicted molar refractivity (Wildman–Crippen MR) is 76.8 cm³/mol. The number of nitrogens with one attached hydrogen (secondary N) is 1. The Balaban J connectivity index is 1.82. The van der Waals surface area contributed by atoms with Crippen molar-refractivity contribution in [3.63, 3.8) is 0 Å². The Hall–Kier alpha value is -1.83. The van der Waals surface area contributed by atoms with Gasteiger partial charge in [-0.25, -0.2) is 14.8 Å². The number of hydrogen-bond acceptors (Lipinski definition) is 5. The molecule has 8 heteroatoms. The van der Waals surface area contributed by atoms with Gasteiger partial charge in [0.05, 0.1) is 13.2 Å². The van der Waals surface area contributed by atoms with E-state index < -0.39 is 6.09 Å². The average Bonchev–Trinajstić information content (AvgIpc) is 3.06. The van der Waals surface area contributed by atoms with E-state index in [9.17, 15) is 4.79 Å². The third kappa shape index (κ3) is 2.43. The summed E-state index contributed by atoms with van der Waals surface area (Å²) in [4.78, 5) is 22.2. The zero-order chi connectivity index (χ0) is 14.1. The van der Waals surface area contributed by atoms with Crippen LogP contribution in [0.25, 0.3) is 5.65 Å². The first-order valence-corrected chi connectivity index (χ1v) is 7.05. The zero-order valence-corrected chi connectivity index (χ0v) is 12.5. The number of anilines is 1. The minimum absolute atomic E-state index is 0.0678. The molecule has 0 saturated carbocycles. The Kier molecular flexibility index (Phi) is 3.47. The van der Waals surface area contributed by atoms with Crippen LogP contribution in [0.1, 0.15) is 6.42 Å². The fourth-order valence-corrected chi connectivity index (χ4v) is 2.78. The van der Waals surface area contributed by atoms with Crippen LogP contribution in [0.15, 0.2) is 23.2 Å². The molecular formula is C12H14BrN5O2. The van der Waals surface area contributed by atoms with Gasteiger partial charge in [0.25, 0.3) is 0 Å². The van der Waals surface area contributed by atoms with Crippen molar-refractivity contribution >= 4 is 33.5 Å². The van der Waals surface area contributed by atoms with Crippen LogP contribution in [0.3, 0.4) is 0 Å². The summed E-state index contributed by atoms with van der Waals surface area (Å²) in [6, 6.07) is 0.0678. The molecule has 3 rings (SSSR count). The number of hydrogen-bond donors (Lipinski definition) is 1. The molecular weight excluding hydrogens is 326 g/mol. The summed E-state index contributed by atoms with van der Waals surface area (Å²) in [5.41, 5.74) is 0.812. The fraction of sp³-hybridized carbons (Fsp3) is 0.417. The van der Waals surface area contributed by atoms with Crippen LogP contribution < -0.4 is 10.2 Å². The summed E-state index contributed by atoms with van der Waals surface area (Å²) in [5.74, 6) is 0.818. The molecule has 0 aliphatic carbocycles. The van der Waals surface area contributed by atoms with Crippen molar-refractivity contribution < 1.29 is 9.53 Å². The summed E-state index contributed by atoms with van der Waals surface area (Å²) >= 11 is 3.41. The van der Waals surface area contributed by atoms with Gasteiger partial charge in [-0.1, -0.05) is 0 Å². The van der Waals surface area contributed by atoms with E-state index in [4.69, 9.17) is 0 Å². The molecule has 7 nitrogen and oxygen atoms in total. The molecule has 1 aliphatic rings. The SMILES string of the molecule is COC(=O)NC1CCN(c2nc(Br)cn3ccnc23)C1. The van der Waals surface area contributed by atoms with Crippen LogP contribution >= 0.6 is 15.9 Å². The molecule has 1 aliphatic heterocycles. The van der Waals surface area contributed by atoms with Gasteiger partial charge in [-0.3, -0.25) is 0 Å². The number of amides is 1. The van der Waals surface area contributed by atoms with Crippen LogP contribution in [0, 0.1) is 0 Å². The van der Waals surface area contributed by atoms with E-state index in [0.29, 0.717) is 6.54 Å². The monoisotopic (exact) mass is 339 g/mol. The number of imidazole rings is 1. The van der Waals surface area contributed by atoms with Gasteiger partial charge in [0.15, 0.2) is 11.5 Å². The number of methoxy groups -OCH3 is 1. The molecule has 0 radical (unpaired) electrons. The smallest absolute Gasteiger partial charge is 0.407 e. The Labute approximate surface area is 124 Å². The lowest BCUT2D eigenvalue weighted by atomic mass is 10.3. The number of rotatable bonds is 2. The summed E-state index contributed by atoms with van der Waals surface area (Å²) in [6.07, 6.45) is 5.95. The highest BCUT2D eigenvalue weighted by Gasteiger charge is 2.27. The van der Waals surface area contributed by atoms with Crippen LogP contribution in [-0.4, -0.2) is 46.7 Å². The minimum Gasteiger partial charge on any atom is -0.453 e. The van der Waals surface area contributed by atoms with Crippen LogP contribution in [0.4, 0.5) is 10.6 Å². The molecule has 106 valence electrons. The lowest BCUT2D eigenvalue weighted by Gasteiger charge is -2.18. The highest BCUT2D eigenvalue weighted by Crippen LogP contribution is 2.24. The standard InChI is InChI=1S/C12H14BrN5O2/c1-20-12(19)15-8-2-4-17(6-8)11-10-14-3-5-18(10)7-9(13)16-11/h3,5,7-8H,2,4,6H2,1H3,(H,15,19). The molecule has 0 spiro atoms. The number of aromatic nitrogens is 3. The summed E-state index contributed by atoms with van der Waals surface area (Å²) in [6.45, 7) is 1.52. The number of carbonyl (C=O) groups is 1. The second-order valence-electron chi connectivity index (χ2n) is 4.61. The Bertz CT molecular complexity index is 644. The first kappa shape index (κ1) is 13.2. The van der Waals surface area contributed by atoms with Crippen molar-refractivity contribution in [1.82, 2.24) is 19.7 Å². The molecule has 1 unspecified atom stereocenters. The third-order valence-corrected chi connectivity index (χ3v) is 3.70. The number of nitrogens with zero attached hydrogens (tertiary/aromatic N) is 4. The van der Waals surface area contributed by atoms with Crippen molar-refractivity contribution in [2.24, 2.45) is 0 Å². The molecule has 0 aromatic carbocycles. The van der Waals surface area contributed by atoms with Gasteiger partial charge in [-0.05, 0) is 22.4 Å². The van der Waals surface area contributed by atoms with E-state index in [1.54, 1.807) is 6.20 Å². The van der Waals surface area contributed by atoms with E-state index in [1.807, 2.05) is 16.8 Å². The van der Waals surface area contributed by atoms with Crippen LogP contribution in [0.2, 0.25) is 0 Å². The van der Waals surface area contributed by atoms with Crippen molar-refractivity contribution in [3.05, 3.63) is 23.2 Å². The normalized spacial score (nSPS) is 18.5. The lowest BCUT2D eigenvalue weighted by Crippen LogP contribution is -2.37. The number of halogens is 1. The molecule has 1 atom stereocenters. The molecule has 2 aromatic heterocycles. The molecule has 1 N–H and O–H groups in total. The van der Waals surface area contributed by atoms with Crippen molar-refractivity contribution in [2.75, 3.05) is 25.1 Å². The molecule has 2 aromatic rings. The van der Waals surface area contributed by atoms with E-state index in [1.165, 1.54) is 7.11 Å². The highest BCUT2D eigenvalue weighted by molar-refractivity contribution is 9.10. The first-order chi connectivity index (χ1) is 9.67. The first-order valence-electron chi connectivity index (χ1n) is 6.26. The van der Waals surface area contributed by atoms with E-state index in [2.05, 4.69) is 40.9 Å². The summed E-state index contributed by atoms with van der Waals surface area (Å²) in [5, 5.41) is 2.82. The topological polar surface area (TPSA) is 71.8 Å². The number of fused-ring (bicyclic) bond motifs is 1. The quantitative estimate of drug-likeness (QED) is 0.895. The maximum atomic E-state index is 11.2. The third-order valence-electron chi connectivity index (χ3n) is 3.32. The van der Waals surface area contributed by atoms with Gasteiger partial charge in [0, 0.05) is 31.7 Å². The van der Waals surface area contributed by atoms with Crippen molar-refractivity contribution in [2.45, 2.75) is 12.5 Å². The predicted octanol–water partition coefficient (Wildman–Crippen LogP) is 1.43. The van der Waals surface area contributed by atoms with Gasteiger partial charge < -0.3 is 19.4 Å². The van der Waals surface area contributed by atoms with Gasteiger partial charge in [0.1, 0.15) is 4.60 Å². The lowest BCUT2D eigenvalue weighted by molar-refractivity contribution is 0.167. The van der Waals surface area contributed by atoms with Crippen molar-refractivity contribution in [3.8, 4) is 0 Å². The Morgan fingerprint density at radius 1 is 1.60 bits per heavy atom. The fourth-order valence-electron chi connectivity index (χ4n) is 2.39. The zero-order valence-electron chi connectivity index (χ0n) is 10.9. The Morgan fingerprint density at radius 3 is 3.25 bits per heavy atom. The van der Waals surface area contributed by atoms with Crippen LogP contribution in [0.5, 0.6) is 0 Å². The minimum atomic E-state index is -0.398. The largest absolute Gasteiger partial charge is 0.453 e. The second kappa shape index (κ2) is 5.28. The summed E-state index contributed by atoms with van der Waals surface area (Å²) in [7, 11) is 1.37. The maximum Gasteiger partial charge on any atom is 0.407 e. The molecule has 20 heavy (non-hydrogen) atoms. The van der Waals surface area contributed by atoms with Gasteiger partial charge in [-0.2, -0.15) is 0 Å². The van der Waals surface area contributed by atoms with Crippen molar-refractivity contribution in [1.29, 1.82) is 0 Å². The number of carbonyl (C=O) groups excluding carboxylic acids is 1. The molecule has 1 amide bonds. The summed E-state index contributed by atoms with van der Waals surface area (Å²) < 4.78 is 7.30. The molecule has 1 fully saturated rings. The van der Waals surface area contributed by atoms with Crippen LogP contribution in [-0.2, 0) is 4.74 Å². The second-order valence-corrected chi connectivity index (χ2v) is 5.43. The van der Waals surface area contributed by atoms with E-state index >= 15 is 0 Å². The molecule has 3 heterocycles. The number of ether oxygens (including phenoxy) is 1. The van der Waals surface area contributed by atoms with Gasteiger partial charge >= 0.3 is 6.09 Å². The number of alkyl carbamates (subject to hydrolysis) is 1. The van der Waals surface area contributed by atoms with Gasteiger partial charge in [0.2, 0.25) is 0 Å². The van der Waals surface area contributed by atoms with E-state index in [-0.39, 0.29) is 6.04 Å². The molecule has 1 saturated heterocycles. The average molecular weight is 340 g/mol. The van der Waals surface area contributed by atoms with E-state index in [0.717, 1.165) is 29.0 Å². The van der Waals surface area contributed by atoms with Gasteiger partial charge in [-0.15, -0.1) is 0 Å².